The molecule has 130 valence electrons. The molecule has 0 aliphatic carbocycles. The summed E-state index contributed by atoms with van der Waals surface area (Å²) in [6, 6.07) is 12.0. The second-order valence-corrected chi connectivity index (χ2v) is 6.08. The maximum atomic E-state index is 13.1. The Morgan fingerprint density at radius 1 is 1.08 bits per heavy atom. The maximum Gasteiger partial charge on any atom is 0.417 e. The molecule has 0 saturated heterocycles. The van der Waals surface area contributed by atoms with Crippen LogP contribution in [0.3, 0.4) is 0 Å². The van der Waals surface area contributed by atoms with E-state index < -0.39 is 17.4 Å². The molecule has 1 aromatic heterocycles. The first kappa shape index (κ1) is 17.4. The van der Waals surface area contributed by atoms with Crippen molar-refractivity contribution in [3.05, 3.63) is 75.1 Å². The van der Waals surface area contributed by atoms with Gasteiger partial charge in [-0.2, -0.15) is 13.2 Å². The molecule has 3 rings (SSSR count). The number of alkyl halides is 3. The largest absolute Gasteiger partial charge is 0.423 e. The van der Waals surface area contributed by atoms with E-state index in [1.807, 2.05) is 17.0 Å². The lowest BCUT2D eigenvalue weighted by Gasteiger charge is -2.20. The number of halogens is 4. The van der Waals surface area contributed by atoms with Gasteiger partial charge < -0.3 is 9.32 Å². The first-order chi connectivity index (χ1) is 11.7. The van der Waals surface area contributed by atoms with Crippen LogP contribution in [0.25, 0.3) is 11.0 Å². The molecular formula is C18H13ClF3NO2. The quantitative estimate of drug-likeness (QED) is 0.604. The van der Waals surface area contributed by atoms with Crippen molar-refractivity contribution >= 4 is 28.3 Å². The molecule has 0 spiro atoms. The van der Waals surface area contributed by atoms with E-state index in [1.54, 1.807) is 25.2 Å². The predicted molar refractivity (Wildman–Crippen MR) is 91.0 cm³/mol. The molecule has 0 saturated carbocycles. The van der Waals surface area contributed by atoms with Gasteiger partial charge in [0.2, 0.25) is 0 Å². The van der Waals surface area contributed by atoms with Crippen molar-refractivity contribution in [1.29, 1.82) is 0 Å². The van der Waals surface area contributed by atoms with Gasteiger partial charge in [0.15, 0.2) is 0 Å². The molecule has 0 bridgehead atoms. The summed E-state index contributed by atoms with van der Waals surface area (Å²) in [5.74, 6) is 0. The van der Waals surface area contributed by atoms with E-state index in [2.05, 4.69) is 0 Å². The summed E-state index contributed by atoms with van der Waals surface area (Å²) < 4.78 is 44.2. The summed E-state index contributed by atoms with van der Waals surface area (Å²) >= 11 is 5.85. The minimum atomic E-state index is -4.62. The molecule has 3 aromatic rings. The molecule has 1 heterocycles. The van der Waals surface area contributed by atoms with Crippen LogP contribution in [0.2, 0.25) is 5.02 Å². The van der Waals surface area contributed by atoms with Gasteiger partial charge in [0.25, 0.3) is 0 Å². The Labute approximate surface area is 146 Å². The molecule has 7 heteroatoms. The Morgan fingerprint density at radius 2 is 1.76 bits per heavy atom. The molecule has 0 unspecified atom stereocenters. The first-order valence-corrected chi connectivity index (χ1v) is 7.72. The van der Waals surface area contributed by atoms with E-state index in [1.165, 1.54) is 12.1 Å². The summed E-state index contributed by atoms with van der Waals surface area (Å²) in [4.78, 5) is 13.3. The molecule has 25 heavy (non-hydrogen) atoms. The van der Waals surface area contributed by atoms with Gasteiger partial charge in [-0.15, -0.1) is 0 Å². The molecule has 0 aliphatic heterocycles. The minimum absolute atomic E-state index is 0.0970. The average Bonchev–Trinajstić information content (AvgIpc) is 2.54. The number of rotatable bonds is 3. The third kappa shape index (κ3) is 3.79. The Balaban J connectivity index is 1.98. The number of benzene rings is 2. The number of nitrogens with zero attached hydrogens (tertiary/aromatic N) is 1. The molecular weight excluding hydrogens is 355 g/mol. The van der Waals surface area contributed by atoms with E-state index in [0.29, 0.717) is 23.3 Å². The smallest absolute Gasteiger partial charge is 0.417 e. The number of hydrogen-bond acceptors (Lipinski definition) is 3. The highest BCUT2D eigenvalue weighted by Gasteiger charge is 2.33. The highest BCUT2D eigenvalue weighted by atomic mass is 35.5. The van der Waals surface area contributed by atoms with Gasteiger partial charge >= 0.3 is 11.8 Å². The van der Waals surface area contributed by atoms with Gasteiger partial charge in [0, 0.05) is 41.8 Å². The Hall–Kier alpha value is -2.47. The molecule has 0 atom stereocenters. The molecule has 0 N–H and O–H groups in total. The molecule has 0 fully saturated rings. The molecule has 0 radical (unpaired) electrons. The van der Waals surface area contributed by atoms with Crippen molar-refractivity contribution in [2.24, 2.45) is 0 Å². The standard InChI is InChI=1S/C18H13ClF3NO2/c1-23(10-11-2-4-12(19)5-3-11)13-6-7-14-15(18(20,21)22)9-17(24)25-16(14)8-13/h2-9H,10H2,1H3. The zero-order chi connectivity index (χ0) is 18.2. The van der Waals surface area contributed by atoms with Gasteiger partial charge in [-0.3, -0.25) is 0 Å². The number of fused-ring (bicyclic) bond motifs is 1. The Morgan fingerprint density at radius 3 is 2.40 bits per heavy atom. The molecule has 3 nitrogen and oxygen atoms in total. The lowest BCUT2D eigenvalue weighted by molar-refractivity contribution is -0.136. The highest BCUT2D eigenvalue weighted by Crippen LogP contribution is 2.35. The van der Waals surface area contributed by atoms with Crippen LogP contribution in [0, 0.1) is 0 Å². The van der Waals surface area contributed by atoms with Gasteiger partial charge in [-0.25, -0.2) is 4.79 Å². The van der Waals surface area contributed by atoms with Crippen LogP contribution in [0.1, 0.15) is 11.1 Å². The van der Waals surface area contributed by atoms with Gasteiger partial charge in [-0.1, -0.05) is 23.7 Å². The predicted octanol–water partition coefficient (Wildman–Crippen LogP) is 5.10. The van der Waals surface area contributed by atoms with Crippen LogP contribution in [0.15, 0.2) is 57.7 Å². The van der Waals surface area contributed by atoms with Crippen molar-refractivity contribution in [3.63, 3.8) is 0 Å². The van der Waals surface area contributed by atoms with Gasteiger partial charge in [0.1, 0.15) is 5.58 Å². The zero-order valence-electron chi connectivity index (χ0n) is 13.1. The zero-order valence-corrected chi connectivity index (χ0v) is 13.9. The van der Waals surface area contributed by atoms with Crippen LogP contribution in [-0.2, 0) is 12.7 Å². The summed E-state index contributed by atoms with van der Waals surface area (Å²) in [6.07, 6.45) is -4.62. The van der Waals surface area contributed by atoms with Gasteiger partial charge in [-0.05, 0) is 29.8 Å². The van der Waals surface area contributed by atoms with Crippen LogP contribution in [-0.4, -0.2) is 7.05 Å². The minimum Gasteiger partial charge on any atom is -0.423 e. The fourth-order valence-electron chi connectivity index (χ4n) is 2.58. The fourth-order valence-corrected chi connectivity index (χ4v) is 2.70. The lowest BCUT2D eigenvalue weighted by Crippen LogP contribution is -2.16. The first-order valence-electron chi connectivity index (χ1n) is 7.35. The third-order valence-electron chi connectivity index (χ3n) is 3.81. The number of hydrogen-bond donors (Lipinski definition) is 0. The van der Waals surface area contributed by atoms with Crippen molar-refractivity contribution in [1.82, 2.24) is 0 Å². The SMILES string of the molecule is CN(Cc1ccc(Cl)cc1)c1ccc2c(C(F)(F)F)cc(=O)oc2c1. The van der Waals surface area contributed by atoms with Crippen LogP contribution in [0.5, 0.6) is 0 Å². The molecule has 0 aliphatic rings. The van der Waals surface area contributed by atoms with Crippen LogP contribution >= 0.6 is 11.6 Å². The maximum absolute atomic E-state index is 13.1. The van der Waals surface area contributed by atoms with E-state index >= 15 is 0 Å². The molecule has 0 amide bonds. The van der Waals surface area contributed by atoms with Crippen molar-refractivity contribution in [2.75, 3.05) is 11.9 Å². The second-order valence-electron chi connectivity index (χ2n) is 5.64. The average molecular weight is 368 g/mol. The van der Waals surface area contributed by atoms with Crippen LogP contribution in [0.4, 0.5) is 18.9 Å². The van der Waals surface area contributed by atoms with E-state index in [9.17, 15) is 18.0 Å². The van der Waals surface area contributed by atoms with Crippen molar-refractivity contribution < 1.29 is 17.6 Å². The monoisotopic (exact) mass is 367 g/mol. The summed E-state index contributed by atoms with van der Waals surface area (Å²) in [5, 5.41) is 0.481. The fraction of sp³-hybridized carbons (Fsp3) is 0.167. The van der Waals surface area contributed by atoms with Crippen LogP contribution < -0.4 is 10.5 Å². The summed E-state index contributed by atoms with van der Waals surface area (Å²) in [6.45, 7) is 0.520. The third-order valence-corrected chi connectivity index (χ3v) is 4.06. The van der Waals surface area contributed by atoms with E-state index in [-0.39, 0.29) is 11.0 Å². The summed E-state index contributed by atoms with van der Waals surface area (Å²) in [5.41, 5.74) is -0.509. The Kier molecular flexibility index (Phi) is 4.47. The van der Waals surface area contributed by atoms with Crippen molar-refractivity contribution in [3.8, 4) is 0 Å². The Bertz CT molecular complexity index is 965. The van der Waals surface area contributed by atoms with E-state index in [4.69, 9.17) is 16.0 Å². The number of anilines is 1. The normalized spacial score (nSPS) is 11.7. The lowest BCUT2D eigenvalue weighted by atomic mass is 10.1. The highest BCUT2D eigenvalue weighted by molar-refractivity contribution is 6.30. The van der Waals surface area contributed by atoms with Crippen molar-refractivity contribution in [2.45, 2.75) is 12.7 Å². The topological polar surface area (TPSA) is 33.5 Å². The van der Waals surface area contributed by atoms with Gasteiger partial charge in [0.05, 0.1) is 5.56 Å². The second kappa shape index (κ2) is 6.44. The summed E-state index contributed by atoms with van der Waals surface area (Å²) in [7, 11) is 1.79. The molecule has 2 aromatic carbocycles. The van der Waals surface area contributed by atoms with E-state index in [0.717, 1.165) is 5.56 Å².